The fourth-order valence-electron chi connectivity index (χ4n) is 3.15. The maximum Gasteiger partial charge on any atom is 0.255 e. The van der Waals surface area contributed by atoms with Gasteiger partial charge in [0.15, 0.2) is 0 Å². The molecule has 1 saturated heterocycles. The Balaban J connectivity index is 1.62. The first-order valence-electron chi connectivity index (χ1n) is 8.66. The molecule has 4 nitrogen and oxygen atoms in total. The van der Waals surface area contributed by atoms with Crippen LogP contribution in [0.25, 0.3) is 0 Å². The van der Waals surface area contributed by atoms with Crippen molar-refractivity contribution in [2.45, 2.75) is 13.0 Å². The molecular weight excluding hydrogens is 399 g/mol. The monoisotopic (exact) mass is 420 g/mol. The van der Waals surface area contributed by atoms with Crippen LogP contribution in [0.15, 0.2) is 46.9 Å². The first-order chi connectivity index (χ1) is 12.6. The first-order valence-corrected chi connectivity index (χ1v) is 9.46. The lowest BCUT2D eigenvalue weighted by atomic mass is 10.2. The van der Waals surface area contributed by atoms with Gasteiger partial charge in [-0.1, -0.05) is 12.1 Å². The second-order valence-corrected chi connectivity index (χ2v) is 7.25. The third kappa shape index (κ3) is 4.62. The van der Waals surface area contributed by atoms with E-state index in [1.54, 1.807) is 13.2 Å². The largest absolute Gasteiger partial charge is 0.497 e. The van der Waals surface area contributed by atoms with Gasteiger partial charge in [-0.25, -0.2) is 4.39 Å². The summed E-state index contributed by atoms with van der Waals surface area (Å²) in [6.07, 6.45) is 0.898. The molecule has 0 bridgehead atoms. The molecule has 138 valence electrons. The van der Waals surface area contributed by atoms with Gasteiger partial charge < -0.3 is 9.64 Å². The molecule has 26 heavy (non-hydrogen) atoms. The van der Waals surface area contributed by atoms with E-state index in [0.717, 1.165) is 31.8 Å². The molecule has 6 heteroatoms. The Morgan fingerprint density at radius 3 is 2.62 bits per heavy atom. The number of carbonyl (C=O) groups excluding carboxylic acids is 1. The molecule has 1 heterocycles. The highest BCUT2D eigenvalue weighted by molar-refractivity contribution is 9.10. The van der Waals surface area contributed by atoms with Crippen molar-refractivity contribution in [1.82, 2.24) is 9.80 Å². The third-order valence-corrected chi connectivity index (χ3v) is 5.29. The van der Waals surface area contributed by atoms with Crippen LogP contribution in [0.2, 0.25) is 0 Å². The number of nitrogens with zero attached hydrogens (tertiary/aromatic N) is 2. The molecule has 0 N–H and O–H groups in total. The van der Waals surface area contributed by atoms with Crippen LogP contribution in [-0.2, 0) is 6.54 Å². The smallest absolute Gasteiger partial charge is 0.255 e. The van der Waals surface area contributed by atoms with Crippen LogP contribution in [0.1, 0.15) is 22.3 Å². The van der Waals surface area contributed by atoms with Gasteiger partial charge in [0.2, 0.25) is 0 Å². The van der Waals surface area contributed by atoms with Crippen LogP contribution in [0, 0.1) is 5.82 Å². The molecule has 2 aromatic carbocycles. The van der Waals surface area contributed by atoms with E-state index in [4.69, 9.17) is 4.74 Å². The van der Waals surface area contributed by atoms with Crippen LogP contribution in [0.5, 0.6) is 5.75 Å². The van der Waals surface area contributed by atoms with E-state index in [1.165, 1.54) is 17.7 Å². The molecule has 3 rings (SSSR count). The maximum atomic E-state index is 13.5. The Labute approximate surface area is 161 Å². The van der Waals surface area contributed by atoms with Crippen molar-refractivity contribution in [3.05, 3.63) is 63.9 Å². The van der Waals surface area contributed by atoms with Crippen molar-refractivity contribution in [3.8, 4) is 5.75 Å². The lowest BCUT2D eigenvalue weighted by Gasteiger charge is -2.22. The van der Waals surface area contributed by atoms with Gasteiger partial charge in [-0.3, -0.25) is 9.69 Å². The fraction of sp³-hybridized carbons (Fsp3) is 0.350. The number of benzene rings is 2. The molecule has 0 aromatic heterocycles. The van der Waals surface area contributed by atoms with Gasteiger partial charge in [0, 0.05) is 37.2 Å². The van der Waals surface area contributed by atoms with Crippen LogP contribution >= 0.6 is 15.9 Å². The molecule has 1 fully saturated rings. The lowest BCUT2D eigenvalue weighted by Crippen LogP contribution is -2.35. The van der Waals surface area contributed by atoms with Gasteiger partial charge in [-0.15, -0.1) is 0 Å². The van der Waals surface area contributed by atoms with Crippen molar-refractivity contribution in [3.63, 3.8) is 0 Å². The highest BCUT2D eigenvalue weighted by Gasteiger charge is 2.22. The minimum atomic E-state index is -0.396. The van der Waals surface area contributed by atoms with Crippen molar-refractivity contribution >= 4 is 21.8 Å². The van der Waals surface area contributed by atoms with Crippen LogP contribution in [0.3, 0.4) is 0 Å². The molecule has 0 atom stereocenters. The average molecular weight is 421 g/mol. The molecule has 1 aliphatic rings. The number of amides is 1. The average Bonchev–Trinajstić information content (AvgIpc) is 2.89. The topological polar surface area (TPSA) is 32.8 Å². The summed E-state index contributed by atoms with van der Waals surface area (Å²) in [6, 6.07) is 12.3. The van der Waals surface area contributed by atoms with Crippen molar-refractivity contribution in [1.29, 1.82) is 0 Å². The van der Waals surface area contributed by atoms with Gasteiger partial charge in [0.1, 0.15) is 11.6 Å². The van der Waals surface area contributed by atoms with Crippen molar-refractivity contribution in [2.24, 2.45) is 0 Å². The molecular formula is C20H22BrFN2O2. The summed E-state index contributed by atoms with van der Waals surface area (Å²) in [5.41, 5.74) is 1.60. The van der Waals surface area contributed by atoms with E-state index in [0.29, 0.717) is 23.1 Å². The maximum absolute atomic E-state index is 13.5. The van der Waals surface area contributed by atoms with Gasteiger partial charge in [-0.05, 0) is 58.2 Å². The SMILES string of the molecule is COc1ccc(CN2CCCN(C(=O)c3cc(F)ccc3Br)CC2)cc1. The van der Waals surface area contributed by atoms with Gasteiger partial charge in [0.25, 0.3) is 5.91 Å². The second-order valence-electron chi connectivity index (χ2n) is 6.39. The molecule has 0 radical (unpaired) electrons. The predicted molar refractivity (Wildman–Crippen MR) is 103 cm³/mol. The Morgan fingerprint density at radius 2 is 1.88 bits per heavy atom. The Morgan fingerprint density at radius 1 is 1.12 bits per heavy atom. The van der Waals surface area contributed by atoms with Gasteiger partial charge in [-0.2, -0.15) is 0 Å². The molecule has 0 unspecified atom stereocenters. The summed E-state index contributed by atoms with van der Waals surface area (Å²) < 4.78 is 19.3. The summed E-state index contributed by atoms with van der Waals surface area (Å²) in [5.74, 6) is 0.331. The zero-order valence-corrected chi connectivity index (χ0v) is 16.3. The van der Waals surface area contributed by atoms with Crippen molar-refractivity contribution < 1.29 is 13.9 Å². The highest BCUT2D eigenvalue weighted by Crippen LogP contribution is 2.21. The normalized spacial score (nSPS) is 15.6. The minimum Gasteiger partial charge on any atom is -0.497 e. The van der Waals surface area contributed by atoms with E-state index in [-0.39, 0.29) is 5.91 Å². The number of carbonyl (C=O) groups is 1. The molecule has 1 aliphatic heterocycles. The summed E-state index contributed by atoms with van der Waals surface area (Å²) in [5, 5.41) is 0. The van der Waals surface area contributed by atoms with E-state index >= 15 is 0 Å². The Hall–Kier alpha value is -1.92. The number of methoxy groups -OCH3 is 1. The summed E-state index contributed by atoms with van der Waals surface area (Å²) in [4.78, 5) is 16.9. The molecule has 0 aliphatic carbocycles. The van der Waals surface area contributed by atoms with Gasteiger partial charge in [0.05, 0.1) is 12.7 Å². The summed E-state index contributed by atoms with van der Waals surface area (Å²) >= 11 is 3.35. The number of hydrogen-bond donors (Lipinski definition) is 0. The minimum absolute atomic E-state index is 0.123. The molecule has 2 aromatic rings. The van der Waals surface area contributed by atoms with Crippen LogP contribution in [-0.4, -0.2) is 49.0 Å². The number of halogens is 2. The van der Waals surface area contributed by atoms with E-state index < -0.39 is 5.82 Å². The highest BCUT2D eigenvalue weighted by atomic mass is 79.9. The fourth-order valence-corrected chi connectivity index (χ4v) is 3.57. The molecule has 1 amide bonds. The summed E-state index contributed by atoms with van der Waals surface area (Å²) in [6.45, 7) is 3.89. The number of ether oxygens (including phenoxy) is 1. The van der Waals surface area contributed by atoms with E-state index in [1.807, 2.05) is 17.0 Å². The zero-order chi connectivity index (χ0) is 18.5. The second kappa shape index (κ2) is 8.64. The van der Waals surface area contributed by atoms with E-state index in [2.05, 4.69) is 33.0 Å². The van der Waals surface area contributed by atoms with E-state index in [9.17, 15) is 9.18 Å². The standard InChI is InChI=1S/C20H22BrFN2O2/c1-26-17-6-3-15(4-7-17)14-23-9-2-10-24(12-11-23)20(25)18-13-16(22)5-8-19(18)21/h3-8,13H,2,9-12,14H2,1H3. The quantitative estimate of drug-likeness (QED) is 0.750. The van der Waals surface area contributed by atoms with Crippen molar-refractivity contribution in [2.75, 3.05) is 33.3 Å². The third-order valence-electron chi connectivity index (χ3n) is 4.60. The molecule has 0 saturated carbocycles. The zero-order valence-electron chi connectivity index (χ0n) is 14.8. The predicted octanol–water partition coefficient (Wildman–Crippen LogP) is 3.94. The Kier molecular flexibility index (Phi) is 6.27. The molecule has 0 spiro atoms. The van der Waals surface area contributed by atoms with Crippen LogP contribution < -0.4 is 4.74 Å². The number of rotatable bonds is 4. The lowest BCUT2D eigenvalue weighted by molar-refractivity contribution is 0.0759. The van der Waals surface area contributed by atoms with Gasteiger partial charge >= 0.3 is 0 Å². The first kappa shape index (κ1) is 18.9. The Bertz CT molecular complexity index is 767. The number of hydrogen-bond acceptors (Lipinski definition) is 3. The summed E-state index contributed by atoms with van der Waals surface area (Å²) in [7, 11) is 1.66. The van der Waals surface area contributed by atoms with Crippen LogP contribution in [0.4, 0.5) is 4.39 Å².